The molecule has 5 nitrogen and oxygen atoms in total. The van der Waals surface area contributed by atoms with Crippen molar-refractivity contribution in [2.45, 2.75) is 20.0 Å². The number of halogens is 3. The minimum Gasteiger partial charge on any atom is -0.329 e. The number of hydrogen-bond acceptors (Lipinski definition) is 2. The van der Waals surface area contributed by atoms with Gasteiger partial charge in [0.15, 0.2) is 0 Å². The summed E-state index contributed by atoms with van der Waals surface area (Å²) in [5.74, 6) is 0. The van der Waals surface area contributed by atoms with Gasteiger partial charge in [-0.25, -0.2) is 9.78 Å². The maximum absolute atomic E-state index is 12.2. The van der Waals surface area contributed by atoms with E-state index in [9.17, 15) is 18.0 Å². The first-order valence-corrected chi connectivity index (χ1v) is 7.89. The number of aromatic nitrogens is 2. The van der Waals surface area contributed by atoms with Crippen molar-refractivity contribution in [3.8, 4) is 11.3 Å². The van der Waals surface area contributed by atoms with Crippen LogP contribution in [0.4, 0.5) is 23.7 Å². The van der Waals surface area contributed by atoms with Crippen molar-refractivity contribution in [3.05, 3.63) is 53.9 Å². The zero-order chi connectivity index (χ0) is 18.9. The lowest BCUT2D eigenvalue weighted by atomic mass is 10.1. The van der Waals surface area contributed by atoms with E-state index < -0.39 is 18.8 Å². The Morgan fingerprint density at radius 3 is 2.69 bits per heavy atom. The molecule has 3 rings (SSSR count). The van der Waals surface area contributed by atoms with Gasteiger partial charge < -0.3 is 10.6 Å². The van der Waals surface area contributed by atoms with E-state index in [-0.39, 0.29) is 0 Å². The predicted molar refractivity (Wildman–Crippen MR) is 93.2 cm³/mol. The number of hydrogen-bond donors (Lipinski definition) is 2. The van der Waals surface area contributed by atoms with Crippen molar-refractivity contribution in [3.63, 3.8) is 0 Å². The smallest absolute Gasteiger partial charge is 0.329 e. The van der Waals surface area contributed by atoms with Crippen LogP contribution in [0.3, 0.4) is 0 Å². The van der Waals surface area contributed by atoms with E-state index >= 15 is 0 Å². The Labute approximate surface area is 147 Å². The average Bonchev–Trinajstić information content (AvgIpc) is 2.96. The molecule has 0 saturated heterocycles. The third-order valence-corrected chi connectivity index (χ3v) is 3.98. The number of anilines is 1. The second-order valence-electron chi connectivity index (χ2n) is 6.01. The molecule has 8 heteroatoms. The summed E-state index contributed by atoms with van der Waals surface area (Å²) in [7, 11) is 0. The van der Waals surface area contributed by atoms with Crippen LogP contribution in [-0.2, 0) is 0 Å². The molecule has 0 fully saturated rings. The number of rotatable bonds is 3. The van der Waals surface area contributed by atoms with Crippen LogP contribution in [0, 0.1) is 13.8 Å². The summed E-state index contributed by atoms with van der Waals surface area (Å²) in [6.45, 7) is 2.62. The van der Waals surface area contributed by atoms with Gasteiger partial charge in [-0.2, -0.15) is 13.2 Å². The highest BCUT2D eigenvalue weighted by Gasteiger charge is 2.27. The van der Waals surface area contributed by atoms with E-state index in [4.69, 9.17) is 0 Å². The Balaban J connectivity index is 1.84. The van der Waals surface area contributed by atoms with Crippen molar-refractivity contribution in [1.29, 1.82) is 0 Å². The number of amides is 2. The van der Waals surface area contributed by atoms with E-state index in [2.05, 4.69) is 10.3 Å². The van der Waals surface area contributed by atoms with Crippen LogP contribution in [-0.4, -0.2) is 28.1 Å². The molecule has 0 radical (unpaired) electrons. The van der Waals surface area contributed by atoms with Gasteiger partial charge in [0.05, 0.1) is 11.9 Å². The zero-order valence-corrected chi connectivity index (χ0v) is 14.2. The van der Waals surface area contributed by atoms with E-state index in [0.29, 0.717) is 5.69 Å². The lowest BCUT2D eigenvalue weighted by Gasteiger charge is -2.11. The summed E-state index contributed by atoms with van der Waals surface area (Å²) in [5.41, 5.74) is 5.03. The topological polar surface area (TPSA) is 58.4 Å². The predicted octanol–water partition coefficient (Wildman–Crippen LogP) is 4.30. The number of fused-ring (bicyclic) bond motifs is 1. The summed E-state index contributed by atoms with van der Waals surface area (Å²) in [4.78, 5) is 16.0. The largest absolute Gasteiger partial charge is 0.405 e. The molecule has 1 aromatic carbocycles. The standard InChI is InChI=1S/C18H17F3N4O/c1-11-6-16-22-8-15(25(16)9-12(11)2)13-4-3-5-14(7-13)24-17(26)23-10-18(19,20)21/h3-9H,10H2,1-2H3,(H2,23,24,26). The van der Waals surface area contributed by atoms with Crippen LogP contribution in [0.2, 0.25) is 0 Å². The Bertz CT molecular complexity index is 963. The number of pyridine rings is 1. The van der Waals surface area contributed by atoms with Gasteiger partial charge >= 0.3 is 12.2 Å². The monoisotopic (exact) mass is 362 g/mol. The quantitative estimate of drug-likeness (QED) is 0.730. The Morgan fingerprint density at radius 2 is 1.96 bits per heavy atom. The number of imidazole rings is 1. The van der Waals surface area contributed by atoms with E-state index in [1.54, 1.807) is 29.7 Å². The summed E-state index contributed by atoms with van der Waals surface area (Å²) in [5, 5.41) is 4.18. The van der Waals surface area contributed by atoms with E-state index in [1.165, 1.54) is 0 Å². The van der Waals surface area contributed by atoms with Gasteiger partial charge in [0.25, 0.3) is 0 Å². The van der Waals surface area contributed by atoms with Crippen LogP contribution in [0.1, 0.15) is 11.1 Å². The van der Waals surface area contributed by atoms with Crippen LogP contribution in [0.5, 0.6) is 0 Å². The molecule has 3 aromatic rings. The molecule has 0 bridgehead atoms. The molecule has 0 aliphatic heterocycles. The molecule has 0 spiro atoms. The Morgan fingerprint density at radius 1 is 1.19 bits per heavy atom. The van der Waals surface area contributed by atoms with Gasteiger partial charge in [-0.3, -0.25) is 4.40 Å². The third-order valence-electron chi connectivity index (χ3n) is 3.98. The molecule has 2 N–H and O–H groups in total. The number of urea groups is 1. The van der Waals surface area contributed by atoms with Crippen molar-refractivity contribution in [1.82, 2.24) is 14.7 Å². The third kappa shape index (κ3) is 3.96. The average molecular weight is 362 g/mol. The van der Waals surface area contributed by atoms with Crippen molar-refractivity contribution in [2.24, 2.45) is 0 Å². The minimum absolute atomic E-state index is 0.390. The normalized spacial score (nSPS) is 11.6. The summed E-state index contributed by atoms with van der Waals surface area (Å²) in [6.07, 6.45) is -0.758. The van der Waals surface area contributed by atoms with Gasteiger partial charge in [-0.1, -0.05) is 12.1 Å². The number of nitrogens with one attached hydrogen (secondary N) is 2. The van der Waals surface area contributed by atoms with Crippen molar-refractivity contribution in [2.75, 3.05) is 11.9 Å². The SMILES string of the molecule is Cc1cc2ncc(-c3cccc(NC(=O)NCC(F)(F)F)c3)n2cc1C. The molecule has 0 saturated carbocycles. The number of alkyl halides is 3. The molecule has 0 aliphatic rings. The fourth-order valence-electron chi connectivity index (χ4n) is 2.55. The maximum atomic E-state index is 12.2. The highest BCUT2D eigenvalue weighted by atomic mass is 19.4. The maximum Gasteiger partial charge on any atom is 0.405 e. The Kier molecular flexibility index (Phi) is 4.58. The lowest BCUT2D eigenvalue weighted by Crippen LogP contribution is -2.36. The first-order chi connectivity index (χ1) is 12.2. The number of benzene rings is 1. The summed E-state index contributed by atoms with van der Waals surface area (Å²) in [6, 6.07) is 7.92. The van der Waals surface area contributed by atoms with Crippen molar-refractivity contribution < 1.29 is 18.0 Å². The van der Waals surface area contributed by atoms with Crippen LogP contribution in [0.15, 0.2) is 42.7 Å². The molecule has 0 aliphatic carbocycles. The highest BCUT2D eigenvalue weighted by Crippen LogP contribution is 2.25. The number of aryl methyl sites for hydroxylation is 2. The van der Waals surface area contributed by atoms with Crippen molar-refractivity contribution >= 4 is 17.4 Å². The molecule has 0 unspecified atom stereocenters. The van der Waals surface area contributed by atoms with Gasteiger partial charge in [-0.05, 0) is 43.2 Å². The van der Waals surface area contributed by atoms with Gasteiger partial charge in [-0.15, -0.1) is 0 Å². The molecular weight excluding hydrogens is 345 g/mol. The highest BCUT2D eigenvalue weighted by molar-refractivity contribution is 5.90. The molecule has 2 amide bonds. The lowest BCUT2D eigenvalue weighted by molar-refractivity contribution is -0.122. The number of carbonyl (C=O) groups is 1. The summed E-state index contributed by atoms with van der Waals surface area (Å²) < 4.78 is 38.4. The molecule has 0 atom stereocenters. The second-order valence-corrected chi connectivity index (χ2v) is 6.01. The molecule has 26 heavy (non-hydrogen) atoms. The van der Waals surface area contributed by atoms with Crippen LogP contribution >= 0.6 is 0 Å². The number of nitrogens with zero attached hydrogens (tertiary/aromatic N) is 2. The molecular formula is C18H17F3N4O. The molecule has 2 aromatic heterocycles. The molecule has 2 heterocycles. The Hall–Kier alpha value is -3.03. The van der Waals surface area contributed by atoms with E-state index in [0.717, 1.165) is 28.0 Å². The number of carbonyl (C=O) groups excluding carboxylic acids is 1. The fraction of sp³-hybridized carbons (Fsp3) is 0.222. The van der Waals surface area contributed by atoms with Gasteiger partial charge in [0, 0.05) is 17.4 Å². The van der Waals surface area contributed by atoms with Crippen LogP contribution in [0.25, 0.3) is 16.9 Å². The molecule has 136 valence electrons. The van der Waals surface area contributed by atoms with Gasteiger partial charge in [0.2, 0.25) is 0 Å². The first-order valence-electron chi connectivity index (χ1n) is 7.89. The minimum atomic E-state index is -4.45. The van der Waals surface area contributed by atoms with E-state index in [1.807, 2.05) is 36.6 Å². The van der Waals surface area contributed by atoms with Gasteiger partial charge in [0.1, 0.15) is 12.2 Å². The first kappa shape index (κ1) is 17.8. The summed E-state index contributed by atoms with van der Waals surface area (Å²) >= 11 is 0. The fourth-order valence-corrected chi connectivity index (χ4v) is 2.55. The van der Waals surface area contributed by atoms with Crippen LogP contribution < -0.4 is 10.6 Å². The zero-order valence-electron chi connectivity index (χ0n) is 14.2. The second kappa shape index (κ2) is 6.70.